The molecule has 1 aromatic carbocycles. The second-order valence-electron chi connectivity index (χ2n) is 9.36. The summed E-state index contributed by atoms with van der Waals surface area (Å²) in [5, 5.41) is 5.27. The van der Waals surface area contributed by atoms with Crippen molar-refractivity contribution in [2.24, 2.45) is 17.3 Å². The van der Waals surface area contributed by atoms with Crippen molar-refractivity contribution in [3.05, 3.63) is 47.3 Å². The van der Waals surface area contributed by atoms with Gasteiger partial charge in [-0.1, -0.05) is 37.3 Å². The zero-order valence-corrected chi connectivity index (χ0v) is 19.0. The van der Waals surface area contributed by atoms with Crippen LogP contribution < -0.4 is 5.32 Å². The number of hydrogen-bond donors (Lipinski definition) is 1. The molecular formula is C25H32N2O2S. The van der Waals surface area contributed by atoms with Gasteiger partial charge in [-0.25, -0.2) is 0 Å². The molecule has 1 aliphatic heterocycles. The van der Waals surface area contributed by atoms with E-state index < -0.39 is 5.41 Å². The summed E-state index contributed by atoms with van der Waals surface area (Å²) in [6.45, 7) is 7.52. The van der Waals surface area contributed by atoms with Crippen LogP contribution in [0.3, 0.4) is 0 Å². The molecular weight excluding hydrogens is 392 g/mol. The lowest BCUT2D eigenvalue weighted by Gasteiger charge is -2.41. The van der Waals surface area contributed by atoms with E-state index in [1.807, 2.05) is 18.7 Å². The first-order valence-electron chi connectivity index (χ1n) is 11.1. The predicted molar refractivity (Wildman–Crippen MR) is 122 cm³/mol. The third kappa shape index (κ3) is 4.31. The van der Waals surface area contributed by atoms with Crippen molar-refractivity contribution in [3.8, 4) is 10.4 Å². The molecule has 0 radical (unpaired) electrons. The van der Waals surface area contributed by atoms with E-state index in [1.165, 1.54) is 16.0 Å². The highest BCUT2D eigenvalue weighted by molar-refractivity contribution is 7.13. The maximum absolute atomic E-state index is 13.4. The number of piperidine rings is 1. The Morgan fingerprint density at radius 3 is 2.47 bits per heavy atom. The standard InChI is InChI=1S/C25H32N2O2S/c1-17(2)26-24(29)25(10-12-27(13-11-25)23(28)21-15-18(21)3)16-19-7-4-5-8-20(19)22-9-6-14-30-22/h4-9,14,17-18,21H,10-13,15-16H2,1-3H3,(H,26,29)/t18-,21+/m1/s1. The number of nitrogens with one attached hydrogen (secondary N) is 1. The van der Waals surface area contributed by atoms with Crippen LogP contribution in [0.1, 0.15) is 45.6 Å². The smallest absolute Gasteiger partial charge is 0.226 e. The molecule has 2 atom stereocenters. The van der Waals surface area contributed by atoms with Gasteiger partial charge in [-0.3, -0.25) is 9.59 Å². The summed E-state index contributed by atoms with van der Waals surface area (Å²) in [5.74, 6) is 1.15. The average molecular weight is 425 g/mol. The van der Waals surface area contributed by atoms with Crippen LogP contribution in [-0.2, 0) is 16.0 Å². The second-order valence-corrected chi connectivity index (χ2v) is 10.3. The molecule has 4 nitrogen and oxygen atoms in total. The van der Waals surface area contributed by atoms with E-state index >= 15 is 0 Å². The van der Waals surface area contributed by atoms with Crippen LogP contribution in [0, 0.1) is 17.3 Å². The number of hydrogen-bond acceptors (Lipinski definition) is 3. The molecule has 2 heterocycles. The summed E-state index contributed by atoms with van der Waals surface area (Å²) in [6.07, 6.45) is 3.17. The van der Waals surface area contributed by atoms with Gasteiger partial charge >= 0.3 is 0 Å². The van der Waals surface area contributed by atoms with Gasteiger partial charge in [-0.05, 0) is 68.0 Å². The van der Waals surface area contributed by atoms with Crippen molar-refractivity contribution >= 4 is 23.2 Å². The Bertz CT molecular complexity index is 898. The van der Waals surface area contributed by atoms with E-state index in [9.17, 15) is 9.59 Å². The molecule has 2 fully saturated rings. The number of carbonyl (C=O) groups is 2. The Morgan fingerprint density at radius 2 is 1.87 bits per heavy atom. The molecule has 2 aliphatic rings. The van der Waals surface area contributed by atoms with Crippen molar-refractivity contribution in [2.45, 2.75) is 52.5 Å². The Kier molecular flexibility index (Phi) is 6.01. The third-order valence-corrected chi connectivity index (χ3v) is 7.60. The van der Waals surface area contributed by atoms with Crippen molar-refractivity contribution in [1.29, 1.82) is 0 Å². The largest absolute Gasteiger partial charge is 0.353 e. The summed E-state index contributed by atoms with van der Waals surface area (Å²) in [7, 11) is 0. The monoisotopic (exact) mass is 424 g/mol. The molecule has 1 saturated carbocycles. The van der Waals surface area contributed by atoms with Gasteiger partial charge in [0.05, 0.1) is 5.41 Å². The van der Waals surface area contributed by atoms with Crippen molar-refractivity contribution in [3.63, 3.8) is 0 Å². The number of carbonyl (C=O) groups excluding carboxylic acids is 2. The number of rotatable bonds is 6. The topological polar surface area (TPSA) is 49.4 Å². The minimum Gasteiger partial charge on any atom is -0.353 e. The number of benzene rings is 1. The van der Waals surface area contributed by atoms with E-state index in [4.69, 9.17) is 0 Å². The fourth-order valence-electron chi connectivity index (χ4n) is 4.67. The second kappa shape index (κ2) is 8.54. The number of likely N-dealkylation sites (tertiary alicyclic amines) is 1. The van der Waals surface area contributed by atoms with E-state index in [0.717, 1.165) is 19.3 Å². The van der Waals surface area contributed by atoms with Crippen molar-refractivity contribution < 1.29 is 9.59 Å². The molecule has 1 aromatic heterocycles. The van der Waals surface area contributed by atoms with E-state index in [2.05, 4.69) is 54.0 Å². The Labute approximate surface area is 183 Å². The lowest BCUT2D eigenvalue weighted by atomic mass is 9.72. The van der Waals surface area contributed by atoms with Crippen LogP contribution >= 0.6 is 11.3 Å². The summed E-state index contributed by atoms with van der Waals surface area (Å²) >= 11 is 1.73. The molecule has 4 rings (SSSR count). The zero-order valence-electron chi connectivity index (χ0n) is 18.2. The summed E-state index contributed by atoms with van der Waals surface area (Å²) in [6, 6.07) is 12.8. The molecule has 0 spiro atoms. The molecule has 1 aliphatic carbocycles. The van der Waals surface area contributed by atoms with Gasteiger partial charge in [0.15, 0.2) is 0 Å². The highest BCUT2D eigenvalue weighted by atomic mass is 32.1. The molecule has 5 heteroatoms. The van der Waals surface area contributed by atoms with Crippen LogP contribution in [0.4, 0.5) is 0 Å². The maximum Gasteiger partial charge on any atom is 0.226 e. The highest BCUT2D eigenvalue weighted by Crippen LogP contribution is 2.43. The number of amides is 2. The van der Waals surface area contributed by atoms with Crippen LogP contribution in [0.15, 0.2) is 41.8 Å². The fourth-order valence-corrected chi connectivity index (χ4v) is 5.45. The highest BCUT2D eigenvalue weighted by Gasteiger charge is 2.46. The van der Waals surface area contributed by atoms with Gasteiger partial charge in [0.25, 0.3) is 0 Å². The predicted octanol–water partition coefficient (Wildman–Crippen LogP) is 4.75. The van der Waals surface area contributed by atoms with Gasteiger partial charge in [0.1, 0.15) is 0 Å². The summed E-state index contributed by atoms with van der Waals surface area (Å²) in [5.41, 5.74) is 1.97. The van der Waals surface area contributed by atoms with Gasteiger partial charge in [-0.15, -0.1) is 11.3 Å². The SMILES string of the molecule is CC(C)NC(=O)C1(Cc2ccccc2-c2cccs2)CCN(C(=O)[C@H]2C[C@H]2C)CC1. The Balaban J connectivity index is 1.57. The molecule has 2 amide bonds. The van der Waals surface area contributed by atoms with Crippen LogP contribution in [-0.4, -0.2) is 35.8 Å². The lowest BCUT2D eigenvalue weighted by Crippen LogP contribution is -2.52. The van der Waals surface area contributed by atoms with E-state index in [1.54, 1.807) is 11.3 Å². The van der Waals surface area contributed by atoms with Crippen LogP contribution in [0.2, 0.25) is 0 Å². The van der Waals surface area contributed by atoms with E-state index in [-0.39, 0.29) is 17.9 Å². The molecule has 0 unspecified atom stereocenters. The van der Waals surface area contributed by atoms with Crippen LogP contribution in [0.5, 0.6) is 0 Å². The first kappa shape index (κ1) is 21.1. The molecule has 30 heavy (non-hydrogen) atoms. The van der Waals surface area contributed by atoms with Gasteiger partial charge in [-0.2, -0.15) is 0 Å². The van der Waals surface area contributed by atoms with Crippen LogP contribution in [0.25, 0.3) is 10.4 Å². The number of thiophene rings is 1. The van der Waals surface area contributed by atoms with Gasteiger partial charge < -0.3 is 10.2 Å². The maximum atomic E-state index is 13.4. The van der Waals surface area contributed by atoms with Crippen molar-refractivity contribution in [2.75, 3.05) is 13.1 Å². The molecule has 2 aromatic rings. The quantitative estimate of drug-likeness (QED) is 0.728. The molecule has 1 saturated heterocycles. The minimum absolute atomic E-state index is 0.105. The Morgan fingerprint density at radius 1 is 1.17 bits per heavy atom. The lowest BCUT2D eigenvalue weighted by molar-refractivity contribution is -0.141. The fraction of sp³-hybridized carbons (Fsp3) is 0.520. The molecule has 0 bridgehead atoms. The first-order valence-corrected chi connectivity index (χ1v) is 12.0. The normalized spacial score (nSPS) is 22.7. The van der Waals surface area contributed by atoms with E-state index in [0.29, 0.717) is 31.3 Å². The van der Waals surface area contributed by atoms with Gasteiger partial charge in [0.2, 0.25) is 11.8 Å². The van der Waals surface area contributed by atoms with Gasteiger partial charge in [0, 0.05) is 29.9 Å². The summed E-state index contributed by atoms with van der Waals surface area (Å²) in [4.78, 5) is 29.4. The zero-order chi connectivity index (χ0) is 21.3. The third-order valence-electron chi connectivity index (χ3n) is 6.69. The number of nitrogens with zero attached hydrogens (tertiary/aromatic N) is 1. The molecule has 160 valence electrons. The minimum atomic E-state index is -0.469. The summed E-state index contributed by atoms with van der Waals surface area (Å²) < 4.78 is 0. The average Bonchev–Trinajstić information content (AvgIpc) is 3.22. The molecule has 1 N–H and O–H groups in total. The van der Waals surface area contributed by atoms with Crippen molar-refractivity contribution in [1.82, 2.24) is 10.2 Å². The first-order chi connectivity index (χ1) is 14.4. The Hall–Kier alpha value is -2.14.